The van der Waals surface area contributed by atoms with Crippen molar-refractivity contribution < 1.29 is 9.53 Å². The number of ether oxygens (including phenoxy) is 1. The molecule has 0 bridgehead atoms. The molecular weight excluding hydrogens is 455 g/mol. The highest BCUT2D eigenvalue weighted by molar-refractivity contribution is 14.0. The molecule has 0 unspecified atom stereocenters. The lowest BCUT2D eigenvalue weighted by molar-refractivity contribution is -0.119. The molecule has 0 heterocycles. The van der Waals surface area contributed by atoms with Crippen LogP contribution in [-0.2, 0) is 11.3 Å². The van der Waals surface area contributed by atoms with Crippen LogP contribution in [-0.4, -0.2) is 38.1 Å². The predicted molar refractivity (Wildman–Crippen MR) is 121 cm³/mol. The average Bonchev–Trinajstić information content (AvgIpc) is 2.66. The van der Waals surface area contributed by atoms with E-state index in [9.17, 15) is 4.79 Å². The molecule has 3 N–H and O–H groups in total. The van der Waals surface area contributed by atoms with Gasteiger partial charge in [0, 0.05) is 19.1 Å². The topological polar surface area (TPSA) is 74.8 Å². The van der Waals surface area contributed by atoms with Gasteiger partial charge >= 0.3 is 0 Å². The van der Waals surface area contributed by atoms with Crippen molar-refractivity contribution in [2.24, 2.45) is 10.9 Å². The SMILES string of the molecule is CCNC(=NCC(=O)NCc1ccc(OC)cc1)NC1CCC(C)CC1.I. The highest BCUT2D eigenvalue weighted by Crippen LogP contribution is 2.23. The molecule has 2 rings (SSSR count). The summed E-state index contributed by atoms with van der Waals surface area (Å²) in [7, 11) is 1.64. The number of methoxy groups -OCH3 is 1. The van der Waals surface area contributed by atoms with Crippen molar-refractivity contribution in [1.29, 1.82) is 0 Å². The third kappa shape index (κ3) is 8.81. The number of carbonyl (C=O) groups is 1. The highest BCUT2D eigenvalue weighted by atomic mass is 127. The summed E-state index contributed by atoms with van der Waals surface area (Å²) in [5, 5.41) is 9.59. The summed E-state index contributed by atoms with van der Waals surface area (Å²) in [5.74, 6) is 2.27. The summed E-state index contributed by atoms with van der Waals surface area (Å²) < 4.78 is 5.13. The van der Waals surface area contributed by atoms with Crippen LogP contribution in [0.2, 0.25) is 0 Å². The molecule has 1 aliphatic carbocycles. The molecule has 1 aromatic carbocycles. The van der Waals surface area contributed by atoms with Crippen LogP contribution in [0.1, 0.15) is 45.1 Å². The van der Waals surface area contributed by atoms with Crippen molar-refractivity contribution >= 4 is 35.8 Å². The van der Waals surface area contributed by atoms with Crippen LogP contribution in [0.3, 0.4) is 0 Å². The molecule has 1 aliphatic rings. The first-order valence-corrected chi connectivity index (χ1v) is 9.55. The number of nitrogens with one attached hydrogen (secondary N) is 3. The molecular formula is C20H33IN4O2. The van der Waals surface area contributed by atoms with E-state index in [1.54, 1.807) is 7.11 Å². The van der Waals surface area contributed by atoms with Gasteiger partial charge in [0.25, 0.3) is 0 Å². The van der Waals surface area contributed by atoms with Crippen molar-refractivity contribution in [2.45, 2.75) is 52.1 Å². The lowest BCUT2D eigenvalue weighted by Crippen LogP contribution is -2.45. The second kappa shape index (κ2) is 12.8. The van der Waals surface area contributed by atoms with Crippen LogP contribution >= 0.6 is 24.0 Å². The van der Waals surface area contributed by atoms with Crippen LogP contribution in [0.25, 0.3) is 0 Å². The van der Waals surface area contributed by atoms with Crippen molar-refractivity contribution in [3.05, 3.63) is 29.8 Å². The molecule has 1 saturated carbocycles. The van der Waals surface area contributed by atoms with Gasteiger partial charge in [-0.2, -0.15) is 0 Å². The molecule has 7 heteroatoms. The van der Waals surface area contributed by atoms with E-state index in [4.69, 9.17) is 4.74 Å². The van der Waals surface area contributed by atoms with Crippen molar-refractivity contribution in [2.75, 3.05) is 20.2 Å². The average molecular weight is 488 g/mol. The van der Waals surface area contributed by atoms with Crippen LogP contribution in [0.15, 0.2) is 29.3 Å². The number of halogens is 1. The number of nitrogens with zero attached hydrogens (tertiary/aromatic N) is 1. The van der Waals surface area contributed by atoms with Gasteiger partial charge in [-0.15, -0.1) is 24.0 Å². The first-order chi connectivity index (χ1) is 12.6. The molecule has 27 heavy (non-hydrogen) atoms. The van der Waals surface area contributed by atoms with Crippen molar-refractivity contribution in [1.82, 2.24) is 16.0 Å². The summed E-state index contributed by atoms with van der Waals surface area (Å²) in [4.78, 5) is 16.5. The molecule has 152 valence electrons. The van der Waals surface area contributed by atoms with Crippen LogP contribution in [0.5, 0.6) is 5.75 Å². The van der Waals surface area contributed by atoms with Crippen LogP contribution in [0.4, 0.5) is 0 Å². The van der Waals surface area contributed by atoms with Gasteiger partial charge < -0.3 is 20.7 Å². The number of amides is 1. The Balaban J connectivity index is 0.00000364. The normalized spacial score (nSPS) is 19.6. The Bertz CT molecular complexity index is 584. The number of aliphatic imine (C=N–C) groups is 1. The molecule has 1 amide bonds. The quantitative estimate of drug-likeness (QED) is 0.314. The molecule has 0 aromatic heterocycles. The maximum Gasteiger partial charge on any atom is 0.242 e. The molecule has 0 radical (unpaired) electrons. The van der Waals surface area contributed by atoms with E-state index >= 15 is 0 Å². The summed E-state index contributed by atoms with van der Waals surface area (Å²) in [5.41, 5.74) is 1.03. The third-order valence-corrected chi connectivity index (χ3v) is 4.73. The minimum atomic E-state index is -0.0877. The molecule has 0 aliphatic heterocycles. The number of hydrogen-bond donors (Lipinski definition) is 3. The van der Waals surface area contributed by atoms with Gasteiger partial charge in [-0.25, -0.2) is 4.99 Å². The fourth-order valence-electron chi connectivity index (χ4n) is 3.07. The monoisotopic (exact) mass is 488 g/mol. The molecule has 0 spiro atoms. The number of benzene rings is 1. The lowest BCUT2D eigenvalue weighted by atomic mass is 9.87. The Labute approximate surface area is 179 Å². The largest absolute Gasteiger partial charge is 0.497 e. The molecule has 0 saturated heterocycles. The Morgan fingerprint density at radius 2 is 1.81 bits per heavy atom. The fraction of sp³-hybridized carbons (Fsp3) is 0.600. The van der Waals surface area contributed by atoms with E-state index in [0.29, 0.717) is 12.6 Å². The molecule has 1 fully saturated rings. The van der Waals surface area contributed by atoms with Gasteiger partial charge in [0.05, 0.1) is 7.11 Å². The Kier molecular flexibility index (Phi) is 11.2. The van der Waals surface area contributed by atoms with E-state index in [-0.39, 0.29) is 36.4 Å². The van der Waals surface area contributed by atoms with Crippen molar-refractivity contribution in [3.63, 3.8) is 0 Å². The molecule has 6 nitrogen and oxygen atoms in total. The Hall–Kier alpha value is -1.51. The zero-order chi connectivity index (χ0) is 18.8. The minimum Gasteiger partial charge on any atom is -0.497 e. The second-order valence-corrected chi connectivity index (χ2v) is 6.92. The first kappa shape index (κ1) is 23.5. The van der Waals surface area contributed by atoms with Crippen LogP contribution < -0.4 is 20.7 Å². The summed E-state index contributed by atoms with van der Waals surface area (Å²) in [6.45, 7) is 5.73. The van der Waals surface area contributed by atoms with E-state index < -0.39 is 0 Å². The lowest BCUT2D eigenvalue weighted by Gasteiger charge is -2.28. The number of guanidine groups is 1. The maximum atomic E-state index is 12.1. The molecule has 0 atom stereocenters. The summed E-state index contributed by atoms with van der Waals surface area (Å²) in [6.07, 6.45) is 4.82. The van der Waals surface area contributed by atoms with Gasteiger partial charge in [-0.1, -0.05) is 19.1 Å². The Morgan fingerprint density at radius 1 is 1.15 bits per heavy atom. The number of carbonyl (C=O) groups excluding carboxylic acids is 1. The maximum absolute atomic E-state index is 12.1. The number of rotatable bonds is 7. The van der Waals surface area contributed by atoms with E-state index in [1.807, 2.05) is 31.2 Å². The van der Waals surface area contributed by atoms with E-state index in [1.165, 1.54) is 12.8 Å². The zero-order valence-electron chi connectivity index (χ0n) is 16.6. The van der Waals surface area contributed by atoms with Gasteiger partial charge in [0.1, 0.15) is 12.3 Å². The van der Waals surface area contributed by atoms with Gasteiger partial charge in [-0.05, 0) is 56.2 Å². The summed E-state index contributed by atoms with van der Waals surface area (Å²) >= 11 is 0. The van der Waals surface area contributed by atoms with Crippen molar-refractivity contribution in [3.8, 4) is 5.75 Å². The standard InChI is InChI=1S/C20H32N4O2.HI/c1-4-21-20(24-17-9-5-15(2)6-10-17)23-14-19(25)22-13-16-7-11-18(26-3)12-8-16;/h7-8,11-12,15,17H,4-6,9-10,13-14H2,1-3H3,(H,22,25)(H2,21,23,24);1H. The zero-order valence-corrected chi connectivity index (χ0v) is 18.9. The first-order valence-electron chi connectivity index (χ1n) is 9.55. The van der Waals surface area contributed by atoms with Gasteiger partial charge in [0.2, 0.25) is 5.91 Å². The van der Waals surface area contributed by atoms with Gasteiger partial charge in [0.15, 0.2) is 5.96 Å². The van der Waals surface area contributed by atoms with Gasteiger partial charge in [-0.3, -0.25) is 4.79 Å². The number of hydrogen-bond acceptors (Lipinski definition) is 3. The minimum absolute atomic E-state index is 0. The van der Waals surface area contributed by atoms with E-state index in [2.05, 4.69) is 27.9 Å². The van der Waals surface area contributed by atoms with Crippen LogP contribution in [0, 0.1) is 5.92 Å². The third-order valence-electron chi connectivity index (χ3n) is 4.73. The smallest absolute Gasteiger partial charge is 0.242 e. The summed E-state index contributed by atoms with van der Waals surface area (Å²) in [6, 6.07) is 8.11. The van der Waals surface area contributed by atoms with E-state index in [0.717, 1.165) is 42.6 Å². The highest BCUT2D eigenvalue weighted by Gasteiger charge is 2.18. The predicted octanol–water partition coefficient (Wildman–Crippen LogP) is 3.06. The Morgan fingerprint density at radius 3 is 2.41 bits per heavy atom. The fourth-order valence-corrected chi connectivity index (χ4v) is 3.07. The second-order valence-electron chi connectivity index (χ2n) is 6.92. The molecule has 1 aromatic rings.